The summed E-state index contributed by atoms with van der Waals surface area (Å²) in [6.07, 6.45) is -4.79. The Hall–Kier alpha value is -2.09. The van der Waals surface area contributed by atoms with E-state index in [1.165, 1.54) is 18.2 Å². The molecule has 8 heteroatoms. The number of aromatic nitrogens is 2. The Morgan fingerprint density at radius 2 is 2.00 bits per heavy atom. The lowest BCUT2D eigenvalue weighted by molar-refractivity contribution is -0.274. The van der Waals surface area contributed by atoms with Crippen molar-refractivity contribution in [3.05, 3.63) is 30.2 Å². The SMILES string of the molecule is C[C@H](N)c1nc(-c2ccccc2OC(F)(F)F)no1. The van der Waals surface area contributed by atoms with Gasteiger partial charge >= 0.3 is 6.36 Å². The molecule has 0 saturated carbocycles. The molecule has 19 heavy (non-hydrogen) atoms. The maximum Gasteiger partial charge on any atom is 0.573 e. The third kappa shape index (κ3) is 3.22. The van der Waals surface area contributed by atoms with Gasteiger partial charge < -0.3 is 15.0 Å². The van der Waals surface area contributed by atoms with Gasteiger partial charge in [0, 0.05) is 0 Å². The molecule has 0 aliphatic rings. The van der Waals surface area contributed by atoms with Gasteiger partial charge in [-0.3, -0.25) is 0 Å². The first-order valence-electron chi connectivity index (χ1n) is 5.31. The van der Waals surface area contributed by atoms with E-state index < -0.39 is 18.2 Å². The zero-order valence-corrected chi connectivity index (χ0v) is 9.81. The summed E-state index contributed by atoms with van der Waals surface area (Å²) in [5.74, 6) is -0.268. The van der Waals surface area contributed by atoms with Crippen molar-refractivity contribution in [2.75, 3.05) is 0 Å². The number of hydrogen-bond acceptors (Lipinski definition) is 5. The summed E-state index contributed by atoms with van der Waals surface area (Å²) in [4.78, 5) is 3.92. The van der Waals surface area contributed by atoms with Crippen LogP contribution in [0.1, 0.15) is 18.9 Å². The van der Waals surface area contributed by atoms with Gasteiger partial charge in [-0.05, 0) is 19.1 Å². The van der Waals surface area contributed by atoms with E-state index in [0.29, 0.717) is 0 Å². The second kappa shape index (κ2) is 4.88. The first-order chi connectivity index (χ1) is 8.87. The van der Waals surface area contributed by atoms with Crippen molar-refractivity contribution in [1.29, 1.82) is 0 Å². The third-order valence-electron chi connectivity index (χ3n) is 2.18. The molecule has 2 N–H and O–H groups in total. The molecule has 0 unspecified atom stereocenters. The number of para-hydroxylation sites is 1. The molecule has 2 rings (SSSR count). The summed E-state index contributed by atoms with van der Waals surface area (Å²) in [6, 6.07) is 5.02. The highest BCUT2D eigenvalue weighted by molar-refractivity contribution is 5.63. The highest BCUT2D eigenvalue weighted by Crippen LogP contribution is 2.32. The van der Waals surface area contributed by atoms with Crippen LogP contribution in [0.4, 0.5) is 13.2 Å². The highest BCUT2D eigenvalue weighted by atomic mass is 19.4. The Kier molecular flexibility index (Phi) is 3.43. The molecule has 1 aromatic heterocycles. The number of hydrogen-bond donors (Lipinski definition) is 1. The molecule has 0 aliphatic carbocycles. The van der Waals surface area contributed by atoms with E-state index in [0.717, 1.165) is 0 Å². The molecule has 0 aliphatic heterocycles. The van der Waals surface area contributed by atoms with Gasteiger partial charge in [0.15, 0.2) is 0 Å². The van der Waals surface area contributed by atoms with Crippen LogP contribution in [0.5, 0.6) is 5.75 Å². The van der Waals surface area contributed by atoms with E-state index in [-0.39, 0.29) is 17.3 Å². The van der Waals surface area contributed by atoms with Crippen LogP contribution < -0.4 is 10.5 Å². The molecular weight excluding hydrogens is 263 g/mol. The standard InChI is InChI=1S/C11H10F3N3O2/c1-6(15)10-16-9(17-19-10)7-4-2-3-5-8(7)18-11(12,13)14/h2-6H,15H2,1H3/t6-/m0/s1. The number of alkyl halides is 3. The highest BCUT2D eigenvalue weighted by Gasteiger charge is 2.32. The number of halogens is 3. The van der Waals surface area contributed by atoms with Crippen LogP contribution in [0.25, 0.3) is 11.4 Å². The molecule has 0 saturated heterocycles. The molecule has 0 amide bonds. The van der Waals surface area contributed by atoms with E-state index in [1.807, 2.05) is 0 Å². The van der Waals surface area contributed by atoms with Gasteiger partial charge in [0.05, 0.1) is 11.6 Å². The van der Waals surface area contributed by atoms with Gasteiger partial charge in [0.1, 0.15) is 5.75 Å². The summed E-state index contributed by atoms with van der Waals surface area (Å²) in [7, 11) is 0. The van der Waals surface area contributed by atoms with Crippen LogP contribution >= 0.6 is 0 Å². The lowest BCUT2D eigenvalue weighted by Gasteiger charge is -2.10. The van der Waals surface area contributed by atoms with Crippen molar-refractivity contribution in [1.82, 2.24) is 10.1 Å². The lowest BCUT2D eigenvalue weighted by Crippen LogP contribution is -2.17. The Labute approximate surface area is 106 Å². The third-order valence-corrected chi connectivity index (χ3v) is 2.18. The zero-order chi connectivity index (χ0) is 14.0. The molecule has 1 heterocycles. The van der Waals surface area contributed by atoms with Crippen LogP contribution in [0, 0.1) is 0 Å². The average molecular weight is 273 g/mol. The Balaban J connectivity index is 2.38. The minimum absolute atomic E-state index is 0.00727. The molecule has 1 atom stereocenters. The smallest absolute Gasteiger partial charge is 0.405 e. The van der Waals surface area contributed by atoms with E-state index in [9.17, 15) is 13.2 Å². The summed E-state index contributed by atoms with van der Waals surface area (Å²) in [5.41, 5.74) is 5.62. The van der Waals surface area contributed by atoms with Crippen LogP contribution in [-0.2, 0) is 0 Å². The number of rotatable bonds is 3. The predicted octanol–water partition coefficient (Wildman–Crippen LogP) is 2.65. The second-order valence-electron chi connectivity index (χ2n) is 3.79. The maximum atomic E-state index is 12.3. The van der Waals surface area contributed by atoms with E-state index in [4.69, 9.17) is 10.3 Å². The number of nitrogens with zero attached hydrogens (tertiary/aromatic N) is 2. The average Bonchev–Trinajstić information content (AvgIpc) is 2.76. The van der Waals surface area contributed by atoms with E-state index >= 15 is 0 Å². The van der Waals surface area contributed by atoms with Gasteiger partial charge in [0.25, 0.3) is 0 Å². The Bertz CT molecular complexity index is 566. The van der Waals surface area contributed by atoms with Crippen molar-refractivity contribution < 1.29 is 22.4 Å². The molecule has 1 aromatic carbocycles. The van der Waals surface area contributed by atoms with Crippen molar-refractivity contribution in [2.24, 2.45) is 5.73 Å². The van der Waals surface area contributed by atoms with Crippen molar-refractivity contribution >= 4 is 0 Å². The molecule has 102 valence electrons. The second-order valence-corrected chi connectivity index (χ2v) is 3.79. The van der Waals surface area contributed by atoms with Crippen LogP contribution in [0.3, 0.4) is 0 Å². The monoisotopic (exact) mass is 273 g/mol. The van der Waals surface area contributed by atoms with Gasteiger partial charge in [-0.25, -0.2) is 0 Å². The Morgan fingerprint density at radius 1 is 1.32 bits per heavy atom. The molecule has 0 spiro atoms. The quantitative estimate of drug-likeness (QED) is 0.930. The fourth-order valence-corrected chi connectivity index (χ4v) is 1.39. The summed E-state index contributed by atoms with van der Waals surface area (Å²) in [5, 5.41) is 3.58. The molecule has 5 nitrogen and oxygen atoms in total. The predicted molar refractivity (Wildman–Crippen MR) is 59.0 cm³/mol. The van der Waals surface area contributed by atoms with Crippen LogP contribution in [-0.4, -0.2) is 16.5 Å². The summed E-state index contributed by atoms with van der Waals surface area (Å²) in [6.45, 7) is 1.62. The van der Waals surface area contributed by atoms with Gasteiger partial charge in [0.2, 0.25) is 11.7 Å². The van der Waals surface area contributed by atoms with Crippen LogP contribution in [0.2, 0.25) is 0 Å². The summed E-state index contributed by atoms with van der Waals surface area (Å²) < 4.78 is 45.5. The number of benzene rings is 1. The van der Waals surface area contributed by atoms with Crippen molar-refractivity contribution in [3.8, 4) is 17.1 Å². The maximum absolute atomic E-state index is 12.3. The normalized spacial score (nSPS) is 13.3. The molecular formula is C11H10F3N3O2. The Morgan fingerprint density at radius 3 is 2.58 bits per heavy atom. The van der Waals surface area contributed by atoms with Crippen molar-refractivity contribution in [2.45, 2.75) is 19.3 Å². The molecule has 2 aromatic rings. The zero-order valence-electron chi connectivity index (χ0n) is 9.81. The van der Waals surface area contributed by atoms with E-state index in [1.54, 1.807) is 13.0 Å². The number of ether oxygens (including phenoxy) is 1. The van der Waals surface area contributed by atoms with E-state index in [2.05, 4.69) is 14.9 Å². The number of nitrogens with two attached hydrogens (primary N) is 1. The van der Waals surface area contributed by atoms with Gasteiger partial charge in [-0.15, -0.1) is 13.2 Å². The summed E-state index contributed by atoms with van der Waals surface area (Å²) >= 11 is 0. The minimum Gasteiger partial charge on any atom is -0.405 e. The van der Waals surface area contributed by atoms with Crippen molar-refractivity contribution in [3.63, 3.8) is 0 Å². The molecule has 0 bridgehead atoms. The fraction of sp³-hybridized carbons (Fsp3) is 0.273. The largest absolute Gasteiger partial charge is 0.573 e. The van der Waals surface area contributed by atoms with Crippen LogP contribution in [0.15, 0.2) is 28.8 Å². The minimum atomic E-state index is -4.79. The lowest BCUT2D eigenvalue weighted by atomic mass is 10.2. The molecule has 0 fully saturated rings. The fourth-order valence-electron chi connectivity index (χ4n) is 1.39. The first kappa shape index (κ1) is 13.3. The molecule has 0 radical (unpaired) electrons. The van der Waals surface area contributed by atoms with Gasteiger partial charge in [-0.1, -0.05) is 17.3 Å². The topological polar surface area (TPSA) is 74.2 Å². The first-order valence-corrected chi connectivity index (χ1v) is 5.31. The van der Waals surface area contributed by atoms with Gasteiger partial charge in [-0.2, -0.15) is 4.98 Å².